The van der Waals surface area contributed by atoms with Gasteiger partial charge in [-0.15, -0.1) is 0 Å². The Kier molecular flexibility index (Phi) is 43.0. The molecule has 2 amide bonds. The second-order valence-corrected chi connectivity index (χ2v) is 25.4. The molecule has 3 saturated heterocycles. The van der Waals surface area contributed by atoms with Crippen molar-refractivity contribution >= 4 is 17.8 Å². The molecule has 3 aliphatic heterocycles. The Morgan fingerprint density at radius 1 is 0.584 bits per heavy atom. The van der Waals surface area contributed by atoms with Gasteiger partial charge in [-0.25, -0.2) is 4.79 Å². The summed E-state index contributed by atoms with van der Waals surface area (Å²) in [6.07, 6.45) is 15.6. The Morgan fingerprint density at radius 3 is 1.49 bits per heavy atom. The summed E-state index contributed by atoms with van der Waals surface area (Å²) in [6, 6.07) is -2.61. The number of carbonyl (C=O) groups is 3. The number of carboxylic acid groups (broad SMARTS) is 1. The third-order valence-electron chi connectivity index (χ3n) is 17.7. The van der Waals surface area contributed by atoms with Crippen molar-refractivity contribution in [3.63, 3.8) is 0 Å². The Balaban J connectivity index is 1.57. The van der Waals surface area contributed by atoms with Crippen LogP contribution in [0.1, 0.15) is 252 Å². The molecule has 89 heavy (non-hydrogen) atoms. The fraction of sp³-hybridized carbons (Fsp3) is 0.924. The van der Waals surface area contributed by atoms with Gasteiger partial charge in [-0.2, -0.15) is 0 Å². The molecule has 23 nitrogen and oxygen atoms in total. The van der Waals surface area contributed by atoms with E-state index in [0.717, 1.165) is 51.9 Å². The largest absolute Gasteiger partial charge is 0.477 e. The normalized spacial score (nSPS) is 28.8. The van der Waals surface area contributed by atoms with Crippen LogP contribution in [-0.4, -0.2) is 215 Å². The van der Waals surface area contributed by atoms with Crippen LogP contribution < -0.4 is 10.6 Å². The maximum atomic E-state index is 13.4. The van der Waals surface area contributed by atoms with Crippen LogP contribution in [-0.2, 0) is 42.8 Å². The van der Waals surface area contributed by atoms with Crippen LogP contribution in [0, 0.1) is 0 Å². The van der Waals surface area contributed by atoms with E-state index in [0.29, 0.717) is 12.8 Å². The second kappa shape index (κ2) is 47.4. The van der Waals surface area contributed by atoms with Crippen molar-refractivity contribution in [1.29, 1.82) is 0 Å². The smallest absolute Gasteiger partial charge is 0.364 e. The number of unbranched alkanes of at least 4 members (excludes halogenated alkanes) is 32. The van der Waals surface area contributed by atoms with Crippen molar-refractivity contribution in [3.05, 3.63) is 12.2 Å². The number of aliphatic carboxylic acids is 1. The highest BCUT2D eigenvalue weighted by Gasteiger charge is 2.60. The third-order valence-corrected chi connectivity index (χ3v) is 17.7. The van der Waals surface area contributed by atoms with Crippen LogP contribution in [0.5, 0.6) is 0 Å². The van der Waals surface area contributed by atoms with Gasteiger partial charge in [0.15, 0.2) is 12.6 Å². The van der Waals surface area contributed by atoms with Crippen molar-refractivity contribution < 1.29 is 104 Å². The molecule has 3 fully saturated rings. The fourth-order valence-corrected chi connectivity index (χ4v) is 12.2. The number of hydrogen-bond acceptors (Lipinski definition) is 20. The van der Waals surface area contributed by atoms with Crippen molar-refractivity contribution in [1.82, 2.24) is 10.6 Å². The molecule has 0 aliphatic carbocycles. The summed E-state index contributed by atoms with van der Waals surface area (Å²) in [7, 11) is 0. The number of aliphatic hydroxyl groups excluding tert-OH is 11. The van der Waals surface area contributed by atoms with Crippen LogP contribution in [0.4, 0.5) is 0 Å². The number of hydrogen-bond donors (Lipinski definition) is 14. The van der Waals surface area contributed by atoms with Gasteiger partial charge >= 0.3 is 5.97 Å². The lowest BCUT2D eigenvalue weighted by atomic mass is 9.88. The first kappa shape index (κ1) is 80.7. The number of amides is 2. The Bertz CT molecular complexity index is 1860. The summed E-state index contributed by atoms with van der Waals surface area (Å²) in [6.45, 7) is 2.13. The fourth-order valence-electron chi connectivity index (χ4n) is 12.2. The molecule has 0 aromatic carbocycles. The Morgan fingerprint density at radius 2 is 1.04 bits per heavy atom. The molecule has 0 aromatic heterocycles. The lowest BCUT2D eigenvalue weighted by Gasteiger charge is -2.50. The molecule has 3 rings (SSSR count). The first-order valence-corrected chi connectivity index (χ1v) is 34.6. The minimum atomic E-state index is -3.08. The lowest BCUT2D eigenvalue weighted by molar-refractivity contribution is -0.386. The topological polar surface area (TPSA) is 373 Å². The number of carbonyl (C=O) groups excluding carboxylic acids is 2. The monoisotopic (exact) mass is 1280 g/mol. The maximum absolute atomic E-state index is 13.4. The summed E-state index contributed by atoms with van der Waals surface area (Å²) in [4.78, 5) is 38.5. The number of rotatable bonds is 52. The van der Waals surface area contributed by atoms with Crippen LogP contribution in [0.3, 0.4) is 0 Å². The Hall–Kier alpha value is -2.53. The average molecular weight is 1280 g/mol. The van der Waals surface area contributed by atoms with Gasteiger partial charge in [0.05, 0.1) is 50.7 Å². The molecular formula is C66H122N2O21. The Labute approximate surface area is 531 Å². The third kappa shape index (κ3) is 30.2. The van der Waals surface area contributed by atoms with E-state index in [-0.39, 0.29) is 12.3 Å². The predicted molar refractivity (Wildman–Crippen MR) is 334 cm³/mol. The highest BCUT2D eigenvalue weighted by Crippen LogP contribution is 2.39. The SMILES string of the molecule is CCCCCCCCCCCC/C=C/C(O)C(COC1OC(CO)C(OC2OC(CO)C(O)C(OC3(C(=O)O)CC(O)C(NC(C)=O)C(C(O)C(O)CO)O3)C2O)C(O)C1O)NC(=O)CCCCCCCCCCCCCCCCCCCCCCCCC. The summed E-state index contributed by atoms with van der Waals surface area (Å²) in [5.74, 6) is -6.14. The van der Waals surface area contributed by atoms with Gasteiger partial charge < -0.3 is 100 Å². The zero-order valence-electron chi connectivity index (χ0n) is 54.3. The standard InChI is InChI=1S/C66H122N2O21/c1-4-6-8-10-12-14-16-18-19-20-21-22-23-24-25-26-27-28-30-32-34-36-38-40-53(76)68-47(48(73)39-37-35-33-31-29-17-15-13-11-9-7-5-2)45-84-63-58(80)57(79)60(52(44-71)86-63)87-64-59(81)62(56(78)51(43-70)85-64)89-66(65(82)83)41-49(74)54(67-46(3)72)61(88-66)55(77)50(75)42-69/h37,39,47-52,54-64,69-71,73-75,77-81H,4-36,38,40-45H2,1-3H3,(H,67,72)(H,68,76)(H,82,83)/b39-37+. The van der Waals surface area contributed by atoms with Gasteiger partial charge in [-0.3, -0.25) is 9.59 Å². The number of carboxylic acids is 1. The molecule has 18 atom stereocenters. The second-order valence-electron chi connectivity index (χ2n) is 25.4. The van der Waals surface area contributed by atoms with E-state index in [2.05, 4.69) is 24.5 Å². The van der Waals surface area contributed by atoms with Gasteiger partial charge in [0, 0.05) is 19.8 Å². The zero-order valence-corrected chi connectivity index (χ0v) is 54.3. The molecule has 0 spiro atoms. The molecule has 0 bridgehead atoms. The van der Waals surface area contributed by atoms with Gasteiger partial charge in [0.1, 0.15) is 67.1 Å². The van der Waals surface area contributed by atoms with Crippen LogP contribution >= 0.6 is 0 Å². The molecule has 23 heteroatoms. The van der Waals surface area contributed by atoms with E-state index in [1.807, 2.05) is 6.08 Å². The van der Waals surface area contributed by atoms with Crippen LogP contribution in [0.2, 0.25) is 0 Å². The zero-order chi connectivity index (χ0) is 65.4. The molecular weight excluding hydrogens is 1160 g/mol. The number of allylic oxidation sites excluding steroid dienone is 1. The number of ether oxygens (including phenoxy) is 6. The van der Waals surface area contributed by atoms with Crippen molar-refractivity contribution in [2.24, 2.45) is 0 Å². The highest BCUT2D eigenvalue weighted by atomic mass is 16.8. The minimum Gasteiger partial charge on any atom is -0.477 e. The van der Waals surface area contributed by atoms with Crippen molar-refractivity contribution in [3.8, 4) is 0 Å². The van der Waals surface area contributed by atoms with Crippen LogP contribution in [0.25, 0.3) is 0 Å². The molecule has 18 unspecified atom stereocenters. The first-order valence-electron chi connectivity index (χ1n) is 34.6. The van der Waals surface area contributed by atoms with Gasteiger partial charge in [0.25, 0.3) is 5.79 Å². The summed E-state index contributed by atoms with van der Waals surface area (Å²) < 4.78 is 34.7. The minimum absolute atomic E-state index is 0.205. The lowest BCUT2D eigenvalue weighted by Crippen LogP contribution is -2.70. The molecule has 0 aromatic rings. The van der Waals surface area contributed by atoms with Gasteiger partial charge in [-0.1, -0.05) is 225 Å². The molecule has 522 valence electrons. The van der Waals surface area contributed by atoms with E-state index >= 15 is 0 Å². The quantitative estimate of drug-likeness (QED) is 0.0249. The predicted octanol–water partition coefficient (Wildman–Crippen LogP) is 5.90. The molecule has 14 N–H and O–H groups in total. The molecule has 0 saturated carbocycles. The van der Waals surface area contributed by atoms with Gasteiger partial charge in [0.2, 0.25) is 11.8 Å². The summed E-state index contributed by atoms with van der Waals surface area (Å²) in [5, 5.41) is 136. The van der Waals surface area contributed by atoms with Gasteiger partial charge in [-0.05, 0) is 19.3 Å². The van der Waals surface area contributed by atoms with Crippen molar-refractivity contribution in [2.45, 2.75) is 362 Å². The van der Waals surface area contributed by atoms with E-state index in [9.17, 15) is 75.7 Å². The number of nitrogens with one attached hydrogen (secondary N) is 2. The van der Waals surface area contributed by atoms with Crippen molar-refractivity contribution in [2.75, 3.05) is 26.4 Å². The average Bonchev–Trinajstić information content (AvgIpc) is 0.999. The molecule has 0 radical (unpaired) electrons. The van der Waals surface area contributed by atoms with E-state index in [4.69, 9.17) is 28.4 Å². The number of aliphatic hydroxyl groups is 11. The first-order chi connectivity index (χ1) is 42.9. The van der Waals surface area contributed by atoms with E-state index in [1.165, 1.54) is 161 Å². The summed E-state index contributed by atoms with van der Waals surface area (Å²) >= 11 is 0. The van der Waals surface area contributed by atoms with E-state index < -0.39 is 155 Å². The maximum Gasteiger partial charge on any atom is 0.364 e. The van der Waals surface area contributed by atoms with E-state index in [1.54, 1.807) is 6.08 Å². The van der Waals surface area contributed by atoms with Crippen LogP contribution in [0.15, 0.2) is 12.2 Å². The molecule has 3 heterocycles. The molecule has 3 aliphatic rings. The summed E-state index contributed by atoms with van der Waals surface area (Å²) in [5.41, 5.74) is 0. The highest BCUT2D eigenvalue weighted by molar-refractivity contribution is 5.77.